The normalized spacial score (nSPS) is 24.7. The van der Waals surface area contributed by atoms with Gasteiger partial charge < -0.3 is 14.9 Å². The van der Waals surface area contributed by atoms with E-state index in [9.17, 15) is 5.11 Å². The highest BCUT2D eigenvalue weighted by molar-refractivity contribution is 5.44. The second-order valence-electron chi connectivity index (χ2n) is 7.60. The fraction of sp³-hybridized carbons (Fsp3) is 0.778. The Labute approximate surface area is 144 Å². The van der Waals surface area contributed by atoms with Gasteiger partial charge >= 0.3 is 0 Å². The third-order valence-corrected chi connectivity index (χ3v) is 5.77. The highest BCUT2D eigenvalue weighted by Crippen LogP contribution is 2.30. The number of β-amino-alcohol motifs (C(OH)–C–C–N with tert-alkyl or cyclic N) is 1. The molecule has 1 aromatic rings. The summed E-state index contributed by atoms with van der Waals surface area (Å²) >= 11 is 0. The Morgan fingerprint density at radius 3 is 2.33 bits per heavy atom. The summed E-state index contributed by atoms with van der Waals surface area (Å²) in [7, 11) is 0. The summed E-state index contributed by atoms with van der Waals surface area (Å²) in [5, 5.41) is 10.6. The fourth-order valence-electron chi connectivity index (χ4n) is 4.33. The van der Waals surface area contributed by atoms with Gasteiger partial charge in [0.15, 0.2) is 0 Å². The second kappa shape index (κ2) is 6.84. The highest BCUT2D eigenvalue weighted by Gasteiger charge is 2.34. The summed E-state index contributed by atoms with van der Waals surface area (Å²) in [4.78, 5) is 16.3. The molecule has 3 fully saturated rings. The summed E-state index contributed by atoms with van der Waals surface area (Å²) < 4.78 is 0. The molecule has 1 aromatic heterocycles. The average Bonchev–Trinajstić information content (AvgIpc) is 3.28. The quantitative estimate of drug-likeness (QED) is 0.902. The van der Waals surface area contributed by atoms with Crippen molar-refractivity contribution < 1.29 is 5.11 Å². The van der Waals surface area contributed by atoms with Crippen LogP contribution in [0.1, 0.15) is 38.5 Å². The predicted octanol–water partition coefficient (Wildman–Crippen LogP) is 1.50. The molecule has 2 saturated heterocycles. The zero-order valence-electron chi connectivity index (χ0n) is 14.5. The van der Waals surface area contributed by atoms with Gasteiger partial charge in [-0.1, -0.05) is 12.8 Å². The van der Waals surface area contributed by atoms with Crippen molar-refractivity contribution >= 4 is 11.8 Å². The lowest BCUT2D eigenvalue weighted by Crippen LogP contribution is -2.51. The van der Waals surface area contributed by atoms with E-state index >= 15 is 0 Å². The first-order valence-corrected chi connectivity index (χ1v) is 9.50. The maximum absolute atomic E-state index is 10.6. The van der Waals surface area contributed by atoms with E-state index in [1.54, 1.807) is 0 Å². The van der Waals surface area contributed by atoms with Crippen molar-refractivity contribution in [3.8, 4) is 0 Å². The van der Waals surface area contributed by atoms with Crippen molar-refractivity contribution in [1.29, 1.82) is 0 Å². The SMILES string of the molecule is OC1(CN2CCN(c3ccnc(N4CCCC4)n3)CC2)CCCC1. The maximum atomic E-state index is 10.6. The van der Waals surface area contributed by atoms with Crippen molar-refractivity contribution in [3.05, 3.63) is 12.3 Å². The molecule has 0 spiro atoms. The molecule has 1 N–H and O–H groups in total. The lowest BCUT2D eigenvalue weighted by Gasteiger charge is -2.38. The van der Waals surface area contributed by atoms with E-state index < -0.39 is 5.60 Å². The highest BCUT2D eigenvalue weighted by atomic mass is 16.3. The van der Waals surface area contributed by atoms with Crippen molar-refractivity contribution in [1.82, 2.24) is 14.9 Å². The second-order valence-corrected chi connectivity index (χ2v) is 7.60. The van der Waals surface area contributed by atoms with Gasteiger partial charge in [0.25, 0.3) is 0 Å². The summed E-state index contributed by atoms with van der Waals surface area (Å²) in [6.45, 7) is 6.96. The molecule has 4 rings (SSSR count). The van der Waals surface area contributed by atoms with Crippen LogP contribution >= 0.6 is 0 Å². The Morgan fingerprint density at radius 1 is 0.917 bits per heavy atom. The summed E-state index contributed by atoms with van der Waals surface area (Å²) in [6, 6.07) is 2.03. The Kier molecular flexibility index (Phi) is 4.59. The summed E-state index contributed by atoms with van der Waals surface area (Å²) in [5.41, 5.74) is -0.431. The van der Waals surface area contributed by atoms with Crippen LogP contribution in [0.25, 0.3) is 0 Å². The lowest BCUT2D eigenvalue weighted by atomic mass is 10.0. The van der Waals surface area contributed by atoms with Crippen LogP contribution in [0.3, 0.4) is 0 Å². The zero-order chi connectivity index (χ0) is 16.4. The molecular weight excluding hydrogens is 302 g/mol. The number of aromatic nitrogens is 2. The Hall–Kier alpha value is -1.40. The summed E-state index contributed by atoms with van der Waals surface area (Å²) in [5.74, 6) is 1.93. The van der Waals surface area contributed by atoms with Gasteiger partial charge in [0.1, 0.15) is 5.82 Å². The largest absolute Gasteiger partial charge is 0.389 e. The zero-order valence-corrected chi connectivity index (χ0v) is 14.5. The minimum atomic E-state index is -0.431. The summed E-state index contributed by atoms with van der Waals surface area (Å²) in [6.07, 6.45) is 8.68. The number of aliphatic hydroxyl groups is 1. The van der Waals surface area contributed by atoms with Crippen molar-refractivity contribution in [3.63, 3.8) is 0 Å². The number of piperazine rings is 1. The third kappa shape index (κ3) is 3.49. The number of anilines is 2. The van der Waals surface area contributed by atoms with Gasteiger partial charge in [0, 0.05) is 52.0 Å². The maximum Gasteiger partial charge on any atom is 0.227 e. The van der Waals surface area contributed by atoms with Crippen molar-refractivity contribution in [2.24, 2.45) is 0 Å². The molecule has 0 bridgehead atoms. The van der Waals surface area contributed by atoms with E-state index in [2.05, 4.69) is 19.7 Å². The van der Waals surface area contributed by atoms with Gasteiger partial charge in [-0.15, -0.1) is 0 Å². The molecule has 0 aromatic carbocycles. The number of hydrogen-bond acceptors (Lipinski definition) is 6. The van der Waals surface area contributed by atoms with Crippen LogP contribution < -0.4 is 9.80 Å². The molecule has 6 nitrogen and oxygen atoms in total. The number of nitrogens with zero attached hydrogens (tertiary/aromatic N) is 5. The minimum absolute atomic E-state index is 0.431. The number of hydrogen-bond donors (Lipinski definition) is 1. The fourth-order valence-corrected chi connectivity index (χ4v) is 4.33. The van der Waals surface area contributed by atoms with Crippen LogP contribution in [0.4, 0.5) is 11.8 Å². The molecule has 132 valence electrons. The van der Waals surface area contributed by atoms with Gasteiger partial charge in [-0.05, 0) is 31.7 Å². The van der Waals surface area contributed by atoms with Gasteiger partial charge in [0.2, 0.25) is 5.95 Å². The van der Waals surface area contributed by atoms with E-state index in [1.807, 2.05) is 12.3 Å². The first-order chi connectivity index (χ1) is 11.7. The first kappa shape index (κ1) is 16.1. The van der Waals surface area contributed by atoms with Crippen molar-refractivity contribution in [2.75, 3.05) is 55.6 Å². The van der Waals surface area contributed by atoms with E-state index in [0.717, 1.165) is 70.4 Å². The van der Waals surface area contributed by atoms with Crippen LogP contribution in [-0.2, 0) is 0 Å². The molecule has 3 heterocycles. The van der Waals surface area contributed by atoms with Gasteiger partial charge in [-0.2, -0.15) is 4.98 Å². The molecule has 1 aliphatic carbocycles. The van der Waals surface area contributed by atoms with E-state index in [4.69, 9.17) is 4.98 Å². The Bertz CT molecular complexity index is 546. The first-order valence-electron chi connectivity index (χ1n) is 9.50. The molecular formula is C18H29N5O. The topological polar surface area (TPSA) is 55.7 Å². The van der Waals surface area contributed by atoms with Gasteiger partial charge in [0.05, 0.1) is 5.60 Å². The van der Waals surface area contributed by atoms with Crippen molar-refractivity contribution in [2.45, 2.75) is 44.1 Å². The van der Waals surface area contributed by atoms with Gasteiger partial charge in [-0.25, -0.2) is 4.98 Å². The van der Waals surface area contributed by atoms with Crippen LogP contribution in [-0.4, -0.2) is 71.4 Å². The van der Waals surface area contributed by atoms with Crippen LogP contribution in [0.2, 0.25) is 0 Å². The van der Waals surface area contributed by atoms with E-state index in [0.29, 0.717) is 0 Å². The molecule has 0 unspecified atom stereocenters. The third-order valence-electron chi connectivity index (χ3n) is 5.77. The molecule has 3 aliphatic rings. The lowest BCUT2D eigenvalue weighted by molar-refractivity contribution is 0.00800. The molecule has 2 aliphatic heterocycles. The number of rotatable bonds is 4. The molecule has 6 heteroatoms. The van der Waals surface area contributed by atoms with Gasteiger partial charge in [-0.3, -0.25) is 4.90 Å². The minimum Gasteiger partial charge on any atom is -0.389 e. The van der Waals surface area contributed by atoms with Crippen LogP contribution in [0, 0.1) is 0 Å². The molecule has 24 heavy (non-hydrogen) atoms. The van der Waals surface area contributed by atoms with E-state index in [-0.39, 0.29) is 0 Å². The average molecular weight is 331 g/mol. The Morgan fingerprint density at radius 2 is 1.62 bits per heavy atom. The Balaban J connectivity index is 1.34. The van der Waals surface area contributed by atoms with E-state index in [1.165, 1.54) is 25.7 Å². The molecule has 0 amide bonds. The predicted molar refractivity (Wildman–Crippen MR) is 95.5 cm³/mol. The standard InChI is InChI=1S/C18H29N5O/c24-18(6-1-2-7-18)15-21-11-13-22(14-12-21)16-5-8-19-17(20-16)23-9-3-4-10-23/h5,8,24H,1-4,6-7,9-15H2. The smallest absolute Gasteiger partial charge is 0.227 e. The molecule has 1 saturated carbocycles. The molecule has 0 atom stereocenters. The van der Waals surface area contributed by atoms with Crippen LogP contribution in [0.5, 0.6) is 0 Å². The molecule has 0 radical (unpaired) electrons. The van der Waals surface area contributed by atoms with Crippen LogP contribution in [0.15, 0.2) is 12.3 Å². The monoisotopic (exact) mass is 331 g/mol.